The van der Waals surface area contributed by atoms with Gasteiger partial charge in [0, 0.05) is 16.8 Å². The van der Waals surface area contributed by atoms with E-state index < -0.39 is 18.0 Å². The van der Waals surface area contributed by atoms with Crippen LogP contribution in [0.15, 0.2) is 77.9 Å². The fourth-order valence-electron chi connectivity index (χ4n) is 4.10. The quantitative estimate of drug-likeness (QED) is 0.422. The Labute approximate surface area is 188 Å². The van der Waals surface area contributed by atoms with Gasteiger partial charge in [-0.25, -0.2) is 14.2 Å². The number of hydrogen-bond donors (Lipinski definition) is 3. The van der Waals surface area contributed by atoms with Crippen molar-refractivity contribution in [3.63, 3.8) is 0 Å². The Balaban J connectivity index is 1.42. The molecule has 2 unspecified atom stereocenters. The van der Waals surface area contributed by atoms with Gasteiger partial charge in [-0.2, -0.15) is 5.10 Å². The van der Waals surface area contributed by atoms with Crippen molar-refractivity contribution in [1.82, 2.24) is 15.5 Å². The molecule has 7 nitrogen and oxygen atoms in total. The Hall–Kier alpha value is -4.33. The number of urea groups is 1. The van der Waals surface area contributed by atoms with E-state index in [-0.39, 0.29) is 11.7 Å². The van der Waals surface area contributed by atoms with Gasteiger partial charge in [0.25, 0.3) is 0 Å². The first-order valence-electron chi connectivity index (χ1n) is 10.4. The van der Waals surface area contributed by atoms with Crippen LogP contribution in [-0.2, 0) is 4.79 Å². The Kier molecular flexibility index (Phi) is 5.18. The summed E-state index contributed by atoms with van der Waals surface area (Å²) in [4.78, 5) is 29.4. The highest BCUT2D eigenvalue weighted by Gasteiger charge is 2.36. The topological polar surface area (TPSA) is 99.2 Å². The SMILES string of the molecule is CC1=NC(=O)NC(c2ccc(-c3ccc(F)cc3)cc2)C1C(=O)Nc1ccc2[nH]ncc2c1. The molecule has 0 saturated carbocycles. The highest BCUT2D eigenvalue weighted by Crippen LogP contribution is 2.30. The number of aliphatic imine (C=N–C) groups is 1. The van der Waals surface area contributed by atoms with Gasteiger partial charge in [0.1, 0.15) is 11.7 Å². The third kappa shape index (κ3) is 4.10. The highest BCUT2D eigenvalue weighted by atomic mass is 19.1. The molecule has 2 atom stereocenters. The molecule has 0 radical (unpaired) electrons. The van der Waals surface area contributed by atoms with E-state index in [1.54, 1.807) is 31.3 Å². The van der Waals surface area contributed by atoms with Crippen LogP contribution in [0.25, 0.3) is 22.0 Å². The first-order valence-corrected chi connectivity index (χ1v) is 10.4. The second kappa shape index (κ2) is 8.31. The van der Waals surface area contributed by atoms with Gasteiger partial charge in [0.05, 0.1) is 17.8 Å². The molecule has 33 heavy (non-hydrogen) atoms. The van der Waals surface area contributed by atoms with E-state index in [1.165, 1.54) is 12.1 Å². The molecule has 0 saturated heterocycles. The molecule has 0 fully saturated rings. The molecule has 1 aliphatic heterocycles. The lowest BCUT2D eigenvalue weighted by Crippen LogP contribution is -2.45. The average molecular weight is 441 g/mol. The molecule has 0 aliphatic carbocycles. The average Bonchev–Trinajstić information content (AvgIpc) is 3.27. The summed E-state index contributed by atoms with van der Waals surface area (Å²) < 4.78 is 13.2. The zero-order valence-corrected chi connectivity index (χ0v) is 17.7. The molecular formula is C25H20FN5O2. The van der Waals surface area contributed by atoms with Crippen molar-refractivity contribution in [3.05, 3.63) is 84.3 Å². The number of nitrogens with one attached hydrogen (secondary N) is 3. The van der Waals surface area contributed by atoms with Crippen molar-refractivity contribution in [2.24, 2.45) is 10.9 Å². The Morgan fingerprint density at radius 2 is 1.70 bits per heavy atom. The molecule has 5 rings (SSSR count). The third-order valence-corrected chi connectivity index (χ3v) is 5.78. The lowest BCUT2D eigenvalue weighted by atomic mass is 9.86. The second-order valence-electron chi connectivity index (χ2n) is 7.95. The predicted octanol–water partition coefficient (Wildman–Crippen LogP) is 4.85. The van der Waals surface area contributed by atoms with Crippen LogP contribution in [0.1, 0.15) is 18.5 Å². The number of H-pyrrole nitrogens is 1. The molecule has 0 spiro atoms. The van der Waals surface area contributed by atoms with Crippen molar-refractivity contribution in [2.75, 3.05) is 5.32 Å². The van der Waals surface area contributed by atoms with Crippen LogP contribution >= 0.6 is 0 Å². The number of amides is 3. The Morgan fingerprint density at radius 1 is 1.00 bits per heavy atom. The van der Waals surface area contributed by atoms with Gasteiger partial charge in [-0.3, -0.25) is 9.89 Å². The number of benzene rings is 3. The van der Waals surface area contributed by atoms with Crippen molar-refractivity contribution in [3.8, 4) is 11.1 Å². The smallest absolute Gasteiger partial charge is 0.328 e. The van der Waals surface area contributed by atoms with Crippen LogP contribution in [-0.4, -0.2) is 27.8 Å². The first kappa shape index (κ1) is 20.6. The Morgan fingerprint density at radius 3 is 2.42 bits per heavy atom. The minimum atomic E-state index is -0.681. The number of aromatic amines is 1. The van der Waals surface area contributed by atoms with Gasteiger partial charge in [-0.15, -0.1) is 0 Å². The zero-order chi connectivity index (χ0) is 22.9. The second-order valence-corrected chi connectivity index (χ2v) is 7.95. The first-order chi connectivity index (χ1) is 16.0. The van der Waals surface area contributed by atoms with Crippen LogP contribution < -0.4 is 10.6 Å². The number of aromatic nitrogens is 2. The zero-order valence-electron chi connectivity index (χ0n) is 17.7. The maximum atomic E-state index is 13.3. The van der Waals surface area contributed by atoms with E-state index in [9.17, 15) is 14.0 Å². The van der Waals surface area contributed by atoms with E-state index in [0.717, 1.165) is 27.6 Å². The Bertz CT molecular complexity index is 1380. The van der Waals surface area contributed by atoms with E-state index in [2.05, 4.69) is 25.8 Å². The third-order valence-electron chi connectivity index (χ3n) is 5.78. The standard InChI is InChI=1S/C25H20FN5O2/c1-14-22(24(32)29-20-10-11-21-18(12-20)13-27-31-21)23(30-25(33)28-14)17-4-2-15(3-5-17)16-6-8-19(26)9-7-16/h2-13,22-23H,1H3,(H,27,31)(H,29,32)(H,30,33). The van der Waals surface area contributed by atoms with Crippen LogP contribution in [0.4, 0.5) is 14.9 Å². The van der Waals surface area contributed by atoms with Gasteiger partial charge in [0.15, 0.2) is 0 Å². The van der Waals surface area contributed by atoms with Gasteiger partial charge in [-0.1, -0.05) is 36.4 Å². The number of rotatable bonds is 4. The van der Waals surface area contributed by atoms with Gasteiger partial charge < -0.3 is 10.6 Å². The molecule has 4 aromatic rings. The molecule has 3 N–H and O–H groups in total. The largest absolute Gasteiger partial charge is 0.341 e. The molecule has 8 heteroatoms. The molecular weight excluding hydrogens is 421 g/mol. The lowest BCUT2D eigenvalue weighted by Gasteiger charge is -2.30. The lowest BCUT2D eigenvalue weighted by molar-refractivity contribution is -0.118. The number of carbonyl (C=O) groups is 2. The summed E-state index contributed by atoms with van der Waals surface area (Å²) in [5.74, 6) is -1.25. The van der Waals surface area contributed by atoms with E-state index >= 15 is 0 Å². The highest BCUT2D eigenvalue weighted by molar-refractivity contribution is 6.13. The number of anilines is 1. The normalized spacial score (nSPS) is 18.0. The minimum Gasteiger partial charge on any atom is -0.328 e. The summed E-state index contributed by atoms with van der Waals surface area (Å²) in [5, 5.41) is 13.5. The molecule has 3 aromatic carbocycles. The summed E-state index contributed by atoms with van der Waals surface area (Å²) in [6.45, 7) is 1.68. The number of nitrogens with zero attached hydrogens (tertiary/aromatic N) is 2. The number of carbonyl (C=O) groups excluding carboxylic acids is 2. The summed E-state index contributed by atoms with van der Waals surface area (Å²) >= 11 is 0. The minimum absolute atomic E-state index is 0.272. The van der Waals surface area contributed by atoms with E-state index in [0.29, 0.717) is 11.4 Å². The fourth-order valence-corrected chi connectivity index (χ4v) is 4.10. The summed E-state index contributed by atoms with van der Waals surface area (Å²) in [6, 6.07) is 18.1. The maximum absolute atomic E-state index is 13.3. The number of fused-ring (bicyclic) bond motifs is 1. The molecule has 0 bridgehead atoms. The number of hydrogen-bond acceptors (Lipinski definition) is 3. The predicted molar refractivity (Wildman–Crippen MR) is 124 cm³/mol. The van der Waals surface area contributed by atoms with Crippen LogP contribution in [0.5, 0.6) is 0 Å². The van der Waals surface area contributed by atoms with Crippen molar-refractivity contribution in [1.29, 1.82) is 0 Å². The molecule has 1 aromatic heterocycles. The van der Waals surface area contributed by atoms with E-state index in [4.69, 9.17) is 0 Å². The van der Waals surface area contributed by atoms with Crippen molar-refractivity contribution < 1.29 is 14.0 Å². The van der Waals surface area contributed by atoms with E-state index in [1.807, 2.05) is 36.4 Å². The van der Waals surface area contributed by atoms with Gasteiger partial charge in [-0.05, 0) is 53.9 Å². The van der Waals surface area contributed by atoms with Crippen molar-refractivity contribution in [2.45, 2.75) is 13.0 Å². The van der Waals surface area contributed by atoms with Crippen LogP contribution in [0.2, 0.25) is 0 Å². The molecule has 3 amide bonds. The molecule has 1 aliphatic rings. The van der Waals surface area contributed by atoms with Crippen molar-refractivity contribution >= 4 is 34.2 Å². The monoisotopic (exact) mass is 441 g/mol. The summed E-state index contributed by atoms with van der Waals surface area (Å²) in [5.41, 5.74) is 4.49. The van der Waals surface area contributed by atoms with Crippen LogP contribution in [0.3, 0.4) is 0 Å². The molecule has 2 heterocycles. The van der Waals surface area contributed by atoms with Gasteiger partial charge in [0.2, 0.25) is 5.91 Å². The van der Waals surface area contributed by atoms with Gasteiger partial charge >= 0.3 is 6.03 Å². The maximum Gasteiger partial charge on any atom is 0.341 e. The molecule has 164 valence electrons. The fraction of sp³-hybridized carbons (Fsp3) is 0.120. The van der Waals surface area contributed by atoms with Crippen LogP contribution in [0, 0.1) is 11.7 Å². The summed E-state index contributed by atoms with van der Waals surface area (Å²) in [7, 11) is 0. The summed E-state index contributed by atoms with van der Waals surface area (Å²) in [6.07, 6.45) is 1.68. The number of halogens is 1.